The number of hydrogen-bond acceptors (Lipinski definition) is 4. The molecule has 0 fully saturated rings. The maximum Gasteiger partial charge on any atom is 0.374 e. The SMILES string of the molecule is CCOC(=O)c1ccc(/C=C(\C)c2cc3c(s2)C(C)(C)CCC3(C)C)o1. The summed E-state index contributed by atoms with van der Waals surface area (Å²) in [5.41, 5.74) is 3.09. The largest absolute Gasteiger partial charge is 0.460 e. The van der Waals surface area contributed by atoms with Gasteiger partial charge in [-0.15, -0.1) is 11.3 Å². The lowest BCUT2D eigenvalue weighted by Crippen LogP contribution is -2.31. The minimum Gasteiger partial charge on any atom is -0.460 e. The van der Waals surface area contributed by atoms with E-state index in [1.54, 1.807) is 13.0 Å². The molecule has 0 spiro atoms. The Kier molecular flexibility index (Phi) is 4.91. The second-order valence-corrected chi connectivity index (χ2v) is 9.42. The van der Waals surface area contributed by atoms with Crippen LogP contribution in [0.4, 0.5) is 0 Å². The Morgan fingerprint density at radius 1 is 1.23 bits per heavy atom. The van der Waals surface area contributed by atoms with Crippen LogP contribution in [-0.2, 0) is 15.6 Å². The van der Waals surface area contributed by atoms with Crippen LogP contribution in [-0.4, -0.2) is 12.6 Å². The van der Waals surface area contributed by atoms with Crippen molar-refractivity contribution in [2.45, 2.75) is 65.2 Å². The number of carbonyl (C=O) groups excluding carboxylic acids is 1. The first-order valence-electron chi connectivity index (χ1n) is 9.24. The fraction of sp³-hybridized carbons (Fsp3) is 0.500. The van der Waals surface area contributed by atoms with Crippen molar-refractivity contribution < 1.29 is 13.9 Å². The van der Waals surface area contributed by atoms with Gasteiger partial charge in [-0.3, -0.25) is 0 Å². The molecule has 2 aromatic heterocycles. The minimum atomic E-state index is -0.417. The molecule has 0 aromatic carbocycles. The number of carbonyl (C=O) groups is 1. The highest BCUT2D eigenvalue weighted by Gasteiger charge is 2.38. The molecular formula is C22H28O3S. The van der Waals surface area contributed by atoms with Gasteiger partial charge >= 0.3 is 5.97 Å². The molecule has 1 aliphatic rings. The van der Waals surface area contributed by atoms with Gasteiger partial charge in [-0.1, -0.05) is 27.7 Å². The summed E-state index contributed by atoms with van der Waals surface area (Å²) in [6, 6.07) is 5.84. The molecule has 0 atom stereocenters. The number of hydrogen-bond donors (Lipinski definition) is 0. The van der Waals surface area contributed by atoms with E-state index < -0.39 is 5.97 Å². The average Bonchev–Trinajstić information content (AvgIpc) is 3.20. The second-order valence-electron chi connectivity index (χ2n) is 8.37. The van der Waals surface area contributed by atoms with E-state index in [0.717, 1.165) is 5.57 Å². The van der Waals surface area contributed by atoms with Crippen LogP contribution in [0.25, 0.3) is 11.6 Å². The van der Waals surface area contributed by atoms with Crippen molar-refractivity contribution in [1.82, 2.24) is 0 Å². The summed E-state index contributed by atoms with van der Waals surface area (Å²) in [5.74, 6) is 0.508. The predicted molar refractivity (Wildman–Crippen MR) is 108 cm³/mol. The molecule has 1 aliphatic carbocycles. The fourth-order valence-corrected chi connectivity index (χ4v) is 4.93. The first-order valence-corrected chi connectivity index (χ1v) is 10.1. The summed E-state index contributed by atoms with van der Waals surface area (Å²) in [6.45, 7) is 13.6. The molecule has 0 unspecified atom stereocenters. The third-order valence-electron chi connectivity index (χ3n) is 5.30. The van der Waals surface area contributed by atoms with Gasteiger partial charge in [-0.05, 0) is 72.9 Å². The van der Waals surface area contributed by atoms with Crippen molar-refractivity contribution in [2.24, 2.45) is 0 Å². The summed E-state index contributed by atoms with van der Waals surface area (Å²) in [6.07, 6.45) is 4.43. The van der Waals surface area contributed by atoms with Crippen molar-refractivity contribution in [3.8, 4) is 0 Å². The third kappa shape index (κ3) is 3.52. The molecule has 0 bridgehead atoms. The Labute approximate surface area is 160 Å². The highest BCUT2D eigenvalue weighted by molar-refractivity contribution is 7.13. The second kappa shape index (κ2) is 6.73. The molecule has 140 valence electrons. The highest BCUT2D eigenvalue weighted by atomic mass is 32.1. The molecule has 0 aliphatic heterocycles. The number of fused-ring (bicyclic) bond motifs is 1. The first-order chi connectivity index (χ1) is 12.1. The Morgan fingerprint density at radius 3 is 2.58 bits per heavy atom. The smallest absolute Gasteiger partial charge is 0.374 e. The van der Waals surface area contributed by atoms with E-state index in [9.17, 15) is 4.79 Å². The number of esters is 1. The molecule has 2 heterocycles. The Morgan fingerprint density at radius 2 is 1.92 bits per heavy atom. The summed E-state index contributed by atoms with van der Waals surface area (Å²) in [4.78, 5) is 14.5. The molecule has 4 heteroatoms. The van der Waals surface area contributed by atoms with Crippen molar-refractivity contribution in [1.29, 1.82) is 0 Å². The van der Waals surface area contributed by atoms with E-state index in [1.807, 2.05) is 23.5 Å². The monoisotopic (exact) mass is 372 g/mol. The molecule has 26 heavy (non-hydrogen) atoms. The molecule has 0 saturated heterocycles. The maximum absolute atomic E-state index is 11.8. The number of thiophene rings is 1. The van der Waals surface area contributed by atoms with E-state index in [4.69, 9.17) is 9.15 Å². The zero-order valence-corrected chi connectivity index (χ0v) is 17.4. The van der Waals surface area contributed by atoms with Gasteiger partial charge < -0.3 is 9.15 Å². The minimum absolute atomic E-state index is 0.224. The van der Waals surface area contributed by atoms with Crippen LogP contribution in [0.1, 0.15) is 86.0 Å². The quantitative estimate of drug-likeness (QED) is 0.581. The number of furan rings is 1. The lowest BCUT2D eigenvalue weighted by molar-refractivity contribution is 0.0489. The third-order valence-corrected chi connectivity index (χ3v) is 6.94. The van der Waals surface area contributed by atoms with Gasteiger partial charge in [-0.25, -0.2) is 4.79 Å². The topological polar surface area (TPSA) is 39.4 Å². The number of rotatable bonds is 4. The van der Waals surface area contributed by atoms with Gasteiger partial charge in [0.25, 0.3) is 0 Å². The average molecular weight is 373 g/mol. The van der Waals surface area contributed by atoms with Gasteiger partial charge in [0.05, 0.1) is 6.61 Å². The highest BCUT2D eigenvalue weighted by Crippen LogP contribution is 2.50. The molecular weight excluding hydrogens is 344 g/mol. The Bertz CT molecular complexity index is 815. The van der Waals surface area contributed by atoms with E-state index in [2.05, 4.69) is 40.7 Å². The molecule has 0 N–H and O–H groups in total. The normalized spacial score (nSPS) is 18.5. The molecule has 3 rings (SSSR count). The summed E-state index contributed by atoms with van der Waals surface area (Å²) in [7, 11) is 0. The van der Waals surface area contributed by atoms with Crippen LogP contribution < -0.4 is 0 Å². The zero-order chi connectivity index (χ0) is 19.1. The van der Waals surface area contributed by atoms with Gasteiger partial charge in [0, 0.05) is 9.75 Å². The lowest BCUT2D eigenvalue weighted by atomic mass is 9.67. The summed E-state index contributed by atoms with van der Waals surface area (Å²) in [5, 5.41) is 0. The Hall–Kier alpha value is -1.81. The van der Waals surface area contributed by atoms with Gasteiger partial charge in [0.1, 0.15) is 5.76 Å². The molecule has 0 radical (unpaired) electrons. The number of ether oxygens (including phenoxy) is 1. The predicted octanol–water partition coefficient (Wildman–Crippen LogP) is 6.43. The lowest BCUT2D eigenvalue weighted by Gasteiger charge is -2.39. The van der Waals surface area contributed by atoms with E-state index in [-0.39, 0.29) is 16.6 Å². The van der Waals surface area contributed by atoms with Crippen molar-refractivity contribution in [3.05, 3.63) is 45.0 Å². The van der Waals surface area contributed by atoms with Crippen LogP contribution in [0.3, 0.4) is 0 Å². The van der Waals surface area contributed by atoms with Gasteiger partial charge in [0.15, 0.2) is 0 Å². The van der Waals surface area contributed by atoms with Crippen LogP contribution in [0, 0.1) is 0 Å². The van der Waals surface area contributed by atoms with E-state index in [1.165, 1.54) is 28.2 Å². The molecule has 2 aromatic rings. The van der Waals surface area contributed by atoms with Crippen LogP contribution in [0.2, 0.25) is 0 Å². The van der Waals surface area contributed by atoms with Gasteiger partial charge in [-0.2, -0.15) is 0 Å². The van der Waals surface area contributed by atoms with Crippen molar-refractivity contribution in [2.75, 3.05) is 6.61 Å². The van der Waals surface area contributed by atoms with Crippen LogP contribution in [0.5, 0.6) is 0 Å². The molecule has 0 saturated carbocycles. The molecule has 0 amide bonds. The van der Waals surface area contributed by atoms with Crippen LogP contribution >= 0.6 is 11.3 Å². The van der Waals surface area contributed by atoms with Gasteiger partial charge in [0.2, 0.25) is 5.76 Å². The van der Waals surface area contributed by atoms with E-state index >= 15 is 0 Å². The summed E-state index contributed by atoms with van der Waals surface area (Å²) < 4.78 is 10.6. The fourth-order valence-electron chi connectivity index (χ4n) is 3.49. The van der Waals surface area contributed by atoms with Crippen LogP contribution in [0.15, 0.2) is 22.6 Å². The zero-order valence-electron chi connectivity index (χ0n) is 16.6. The van der Waals surface area contributed by atoms with Crippen molar-refractivity contribution in [3.63, 3.8) is 0 Å². The first kappa shape index (κ1) is 19.0. The van der Waals surface area contributed by atoms with E-state index in [0.29, 0.717) is 12.4 Å². The number of allylic oxidation sites excluding steroid dienone is 1. The Balaban J connectivity index is 1.92. The molecule has 3 nitrogen and oxygen atoms in total. The standard InChI is InChI=1S/C22H28O3S/c1-7-24-20(23)17-9-8-15(25-17)12-14(2)18-13-16-19(26-18)22(5,6)11-10-21(16,3)4/h8-9,12-13H,7,10-11H2,1-6H3/b14-12+. The van der Waals surface area contributed by atoms with Crippen molar-refractivity contribution >= 4 is 29.0 Å². The maximum atomic E-state index is 11.8. The summed E-state index contributed by atoms with van der Waals surface area (Å²) >= 11 is 1.89.